The van der Waals surface area contributed by atoms with Gasteiger partial charge in [0, 0.05) is 30.1 Å². The van der Waals surface area contributed by atoms with Crippen molar-refractivity contribution in [3.05, 3.63) is 35.9 Å². The average molecular weight is 332 g/mol. The third kappa shape index (κ3) is 5.08. The maximum atomic E-state index is 13.4. The third-order valence-corrected chi connectivity index (χ3v) is 2.85. The Bertz CT molecular complexity index is 1060. The molecule has 0 heterocycles. The molecule has 0 radical (unpaired) electrons. The predicted octanol–water partition coefficient (Wildman–Crippen LogP) is 3.26. The van der Waals surface area contributed by atoms with E-state index in [1.807, 2.05) is 0 Å². The van der Waals surface area contributed by atoms with Crippen molar-refractivity contribution in [2.75, 3.05) is 0 Å². The number of benzene rings is 1. The smallest absolute Gasteiger partial charge is 0.326 e. The van der Waals surface area contributed by atoms with Crippen LogP contribution in [0.5, 0.6) is 0 Å². The Morgan fingerprint density at radius 1 is 1.35 bits per heavy atom. The van der Waals surface area contributed by atoms with E-state index in [2.05, 4.69) is 0 Å². The van der Waals surface area contributed by atoms with Crippen LogP contribution >= 0.6 is 0 Å². The molecular formula is C19H27NO3. The van der Waals surface area contributed by atoms with Crippen LogP contribution in [0, 0.1) is 17.7 Å². The van der Waals surface area contributed by atoms with Crippen LogP contribution in [0.4, 0.5) is 0 Å². The van der Waals surface area contributed by atoms with Gasteiger partial charge in [0.25, 0.3) is 0 Å². The lowest BCUT2D eigenvalue weighted by atomic mass is 9.76. The van der Waals surface area contributed by atoms with Crippen LogP contribution in [-0.2, 0) is 16.0 Å². The molecule has 2 N–H and O–H groups in total. The molecule has 1 fully saturated rings. The molecule has 0 aromatic heterocycles. The number of carbonyl (C=O) groups is 2. The Kier molecular flexibility index (Phi) is 2.33. The fraction of sp³-hybridized carbons (Fsp3) is 0.579. The van der Waals surface area contributed by atoms with E-state index in [1.165, 1.54) is 23.5 Å². The monoisotopic (exact) mass is 331 g/mol. The van der Waals surface area contributed by atoms with Crippen LogP contribution in [0.15, 0.2) is 30.3 Å². The zero-order chi connectivity index (χ0) is 29.5. The highest BCUT2D eigenvalue weighted by Crippen LogP contribution is 2.33. The van der Waals surface area contributed by atoms with E-state index < -0.39 is 73.0 Å². The molecule has 0 aliphatic heterocycles. The molecule has 1 saturated carbocycles. The van der Waals surface area contributed by atoms with Gasteiger partial charge in [-0.2, -0.15) is 0 Å². The van der Waals surface area contributed by atoms with Gasteiger partial charge in [0.05, 0.1) is 1.37 Å². The Hall–Kier alpha value is -1.84. The van der Waals surface area contributed by atoms with E-state index in [0.717, 1.165) is 26.0 Å². The lowest BCUT2D eigenvalue weighted by molar-refractivity contribution is -0.142. The molecule has 1 unspecified atom stereocenters. The number of aliphatic carboxylic acids is 1. The number of hydrogen-bond acceptors (Lipinski definition) is 2. The number of carboxylic acids is 1. The van der Waals surface area contributed by atoms with Crippen molar-refractivity contribution < 1.29 is 33.9 Å². The topological polar surface area (TPSA) is 66.4 Å². The molecule has 1 atom stereocenters. The van der Waals surface area contributed by atoms with Gasteiger partial charge in [-0.25, -0.2) is 4.79 Å². The normalized spacial score (nSPS) is 49.1. The van der Waals surface area contributed by atoms with Crippen LogP contribution < -0.4 is 5.32 Å². The van der Waals surface area contributed by atoms with E-state index in [-0.39, 0.29) is 0 Å². The van der Waals surface area contributed by atoms with E-state index in [9.17, 15) is 14.7 Å². The lowest BCUT2D eigenvalue weighted by Crippen LogP contribution is -2.45. The Morgan fingerprint density at radius 3 is 2.48 bits per heavy atom. The van der Waals surface area contributed by atoms with Crippen molar-refractivity contribution in [2.45, 2.75) is 51.7 Å². The minimum absolute atomic E-state index is 0.437. The van der Waals surface area contributed by atoms with E-state index in [0.29, 0.717) is 0 Å². The van der Waals surface area contributed by atoms with Crippen molar-refractivity contribution in [3.8, 4) is 0 Å². The molecule has 1 aromatic carbocycles. The third-order valence-electron chi connectivity index (χ3n) is 2.85. The standard InChI is InChI=1S/C19H27NO3/c1-13(2)15-8-10-16(11-9-15)18(21)20-17(19(22)23)12-14-6-4-3-5-7-14/h3-7,13,15-17H,8-12H2,1-2H3,(H,20,21)(H,22,23)/t15-,16-,17?/i8D2,9D2,10D2,11D2,12D2,13D,15D,16D,17D. The van der Waals surface area contributed by atoms with Crippen molar-refractivity contribution in [3.63, 3.8) is 0 Å². The lowest BCUT2D eigenvalue weighted by Gasteiger charge is -2.30. The van der Waals surface area contributed by atoms with Crippen LogP contribution in [0.1, 0.15) is 64.1 Å². The largest absolute Gasteiger partial charge is 0.480 e. The highest BCUT2D eigenvalue weighted by Gasteiger charge is 2.30. The number of nitrogens with one attached hydrogen (secondary N) is 1. The second-order valence-electron chi connectivity index (χ2n) is 4.88. The number of amides is 1. The second-order valence-corrected chi connectivity index (χ2v) is 4.88. The maximum absolute atomic E-state index is 13.4. The Morgan fingerprint density at radius 2 is 1.96 bits per heavy atom. The molecular weight excluding hydrogens is 290 g/mol. The Balaban J connectivity index is 2.84. The van der Waals surface area contributed by atoms with E-state index >= 15 is 0 Å². The van der Waals surface area contributed by atoms with Gasteiger partial charge < -0.3 is 10.4 Å². The van der Waals surface area contributed by atoms with Crippen molar-refractivity contribution in [2.24, 2.45) is 17.7 Å². The number of hydrogen-bond donors (Lipinski definition) is 2. The molecule has 23 heavy (non-hydrogen) atoms. The summed E-state index contributed by atoms with van der Waals surface area (Å²) in [5.74, 6) is -15.0. The van der Waals surface area contributed by atoms with Gasteiger partial charge in [-0.3, -0.25) is 4.79 Å². The molecule has 4 heteroatoms. The van der Waals surface area contributed by atoms with Crippen LogP contribution in [0.3, 0.4) is 0 Å². The summed E-state index contributed by atoms with van der Waals surface area (Å²) in [4.78, 5) is 25.5. The summed E-state index contributed by atoms with van der Waals surface area (Å²) in [6.45, 7) is 1.68. The minimum Gasteiger partial charge on any atom is -0.480 e. The molecule has 0 bridgehead atoms. The first-order valence-electron chi connectivity index (χ1n) is 13.8. The van der Waals surface area contributed by atoms with Crippen LogP contribution in [-0.4, -0.2) is 23.0 Å². The Labute approximate surface area is 158 Å². The summed E-state index contributed by atoms with van der Waals surface area (Å²) in [5.41, 5.74) is -0.437. The summed E-state index contributed by atoms with van der Waals surface area (Å²) >= 11 is 0. The SMILES string of the molecule is [2H]C(NC(=O)[C@]1([2H])C([2H])([2H])C([2H])([2H])[C@@]([2H])(C([2H])(C)C)C([2H])([2H])C1([2H])[2H])(C(=O)O)C([2H])([2H])c1ccccc1. The van der Waals surface area contributed by atoms with Gasteiger partial charge >= 0.3 is 5.97 Å². The molecule has 0 spiro atoms. The fourth-order valence-electron chi connectivity index (χ4n) is 1.66. The molecule has 1 aliphatic carbocycles. The number of carbonyl (C=O) groups excluding carboxylic acids is 1. The highest BCUT2D eigenvalue weighted by molar-refractivity contribution is 5.85. The second kappa shape index (κ2) is 8.14. The van der Waals surface area contributed by atoms with Gasteiger partial charge in [-0.15, -0.1) is 0 Å². The van der Waals surface area contributed by atoms with Gasteiger partial charge in [0.2, 0.25) is 5.91 Å². The summed E-state index contributed by atoms with van der Waals surface area (Å²) < 4.78 is 117. The summed E-state index contributed by atoms with van der Waals surface area (Å²) in [7, 11) is 0. The van der Waals surface area contributed by atoms with Gasteiger partial charge in [-0.1, -0.05) is 44.2 Å². The van der Waals surface area contributed by atoms with Crippen molar-refractivity contribution in [1.29, 1.82) is 0 Å². The minimum atomic E-state index is -4.21. The average Bonchev–Trinajstić information content (AvgIpc) is 2.75. The zero-order valence-electron chi connectivity index (χ0n) is 26.7. The van der Waals surface area contributed by atoms with Gasteiger partial charge in [0.1, 0.15) is 6.02 Å². The zero-order valence-corrected chi connectivity index (χ0v) is 12.7. The molecule has 4 nitrogen and oxygen atoms in total. The highest BCUT2D eigenvalue weighted by atomic mass is 16.4. The first-order valence-corrected chi connectivity index (χ1v) is 6.79. The molecule has 0 saturated heterocycles. The first-order chi connectivity index (χ1) is 16.2. The van der Waals surface area contributed by atoms with Crippen LogP contribution in [0.2, 0.25) is 0 Å². The molecule has 1 amide bonds. The van der Waals surface area contributed by atoms with E-state index in [4.69, 9.17) is 19.2 Å². The summed E-state index contributed by atoms with van der Waals surface area (Å²) in [5, 5.41) is 11.1. The van der Waals surface area contributed by atoms with Gasteiger partial charge in [0.15, 0.2) is 0 Å². The molecule has 1 aliphatic rings. The maximum Gasteiger partial charge on any atom is 0.326 e. The van der Waals surface area contributed by atoms with E-state index in [1.54, 1.807) is 0 Å². The van der Waals surface area contributed by atoms with Gasteiger partial charge in [-0.05, 0) is 42.8 Å². The number of carboxylic acid groups (broad SMARTS) is 1. The quantitative estimate of drug-likeness (QED) is 0.841. The molecule has 126 valence electrons. The van der Waals surface area contributed by atoms with Crippen molar-refractivity contribution >= 4 is 11.9 Å². The van der Waals surface area contributed by atoms with Crippen molar-refractivity contribution in [1.82, 2.24) is 5.32 Å². The molecule has 1 aromatic rings. The summed E-state index contributed by atoms with van der Waals surface area (Å²) in [6, 6.07) is 2.46. The molecule has 2 rings (SSSR count). The number of rotatable bonds is 6. The fourth-order valence-corrected chi connectivity index (χ4v) is 1.66. The summed E-state index contributed by atoms with van der Waals surface area (Å²) in [6.07, 6.45) is -19.4. The van der Waals surface area contributed by atoms with Crippen LogP contribution in [0.25, 0.3) is 0 Å². The first kappa shape index (κ1) is 6.58. The predicted molar refractivity (Wildman–Crippen MR) is 90.0 cm³/mol.